The third-order valence-electron chi connectivity index (χ3n) is 5.04. The van der Waals surface area contributed by atoms with Crippen LogP contribution >= 0.6 is 23.1 Å². The van der Waals surface area contributed by atoms with Crippen LogP contribution in [0.3, 0.4) is 0 Å². The summed E-state index contributed by atoms with van der Waals surface area (Å²) in [7, 11) is 1.63. The van der Waals surface area contributed by atoms with E-state index in [2.05, 4.69) is 32.6 Å². The fourth-order valence-electron chi connectivity index (χ4n) is 3.21. The Bertz CT molecular complexity index is 1210. The molecule has 0 aliphatic heterocycles. The summed E-state index contributed by atoms with van der Waals surface area (Å²) in [5, 5.41) is 14.1. The average Bonchev–Trinajstić information content (AvgIpc) is 3.46. The Labute approximate surface area is 200 Å². The molecule has 0 aliphatic rings. The number of aryl methyl sites for hydroxylation is 1. The molecule has 33 heavy (non-hydrogen) atoms. The predicted molar refractivity (Wildman–Crippen MR) is 133 cm³/mol. The van der Waals surface area contributed by atoms with Crippen LogP contribution in [-0.2, 0) is 11.2 Å². The number of aromatic nitrogens is 4. The maximum Gasteiger partial charge on any atom is 0.249 e. The molecule has 0 radical (unpaired) electrons. The first-order valence-electron chi connectivity index (χ1n) is 10.3. The molecule has 2 aromatic heterocycles. The van der Waals surface area contributed by atoms with Gasteiger partial charge in [-0.05, 0) is 43.2 Å². The Kier molecular flexibility index (Phi) is 7.26. The van der Waals surface area contributed by atoms with Crippen LogP contribution in [-0.4, -0.2) is 38.5 Å². The minimum absolute atomic E-state index is 0.206. The molecule has 8 nitrogen and oxygen atoms in total. The van der Waals surface area contributed by atoms with Crippen LogP contribution in [0.25, 0.3) is 11.3 Å². The number of methoxy groups -OCH3 is 1. The molecule has 10 heteroatoms. The van der Waals surface area contributed by atoms with E-state index in [1.54, 1.807) is 18.6 Å². The molecule has 4 rings (SSSR count). The summed E-state index contributed by atoms with van der Waals surface area (Å²) < 4.78 is 6.85. The highest BCUT2D eigenvalue weighted by Gasteiger charge is 2.23. The molecule has 0 saturated carbocycles. The SMILES string of the molecule is COc1ccc(-c2csc(NC(=O)C(C)n3c(N)nnc3SCCc3ccccc3)n2)cc1. The Morgan fingerprint density at radius 3 is 2.67 bits per heavy atom. The van der Waals surface area contributed by atoms with Crippen molar-refractivity contribution in [2.75, 3.05) is 23.9 Å². The number of thioether (sulfide) groups is 1. The van der Waals surface area contributed by atoms with Crippen LogP contribution in [0.15, 0.2) is 65.1 Å². The number of carbonyl (C=O) groups excluding carboxylic acids is 1. The molecule has 1 amide bonds. The van der Waals surface area contributed by atoms with Gasteiger partial charge in [-0.15, -0.1) is 21.5 Å². The molecule has 0 spiro atoms. The molecule has 0 aliphatic carbocycles. The molecule has 2 aromatic carbocycles. The van der Waals surface area contributed by atoms with Crippen molar-refractivity contribution >= 4 is 40.1 Å². The van der Waals surface area contributed by atoms with Crippen LogP contribution in [0.1, 0.15) is 18.5 Å². The molecule has 3 N–H and O–H groups in total. The second-order valence-corrected chi connectivity index (χ2v) is 9.15. The Morgan fingerprint density at radius 2 is 1.94 bits per heavy atom. The van der Waals surface area contributed by atoms with Crippen LogP contribution in [0.5, 0.6) is 5.75 Å². The number of nitrogens with zero attached hydrogens (tertiary/aromatic N) is 4. The van der Waals surface area contributed by atoms with Crippen LogP contribution in [0, 0.1) is 0 Å². The first kappa shape index (κ1) is 22.8. The van der Waals surface area contributed by atoms with Crippen molar-refractivity contribution in [3.63, 3.8) is 0 Å². The lowest BCUT2D eigenvalue weighted by molar-refractivity contribution is -0.118. The van der Waals surface area contributed by atoms with E-state index in [0.717, 1.165) is 29.2 Å². The minimum atomic E-state index is -0.590. The van der Waals surface area contributed by atoms with Crippen molar-refractivity contribution in [2.45, 2.75) is 24.5 Å². The van der Waals surface area contributed by atoms with Gasteiger partial charge in [0.1, 0.15) is 11.8 Å². The third-order valence-corrected chi connectivity index (χ3v) is 6.74. The van der Waals surface area contributed by atoms with E-state index < -0.39 is 6.04 Å². The number of carbonyl (C=O) groups is 1. The van der Waals surface area contributed by atoms with Crippen molar-refractivity contribution in [1.29, 1.82) is 0 Å². The monoisotopic (exact) mass is 480 g/mol. The van der Waals surface area contributed by atoms with Crippen molar-refractivity contribution < 1.29 is 9.53 Å². The topological polar surface area (TPSA) is 108 Å². The van der Waals surface area contributed by atoms with Crippen molar-refractivity contribution in [3.05, 3.63) is 65.5 Å². The molecule has 0 bridgehead atoms. The molecule has 2 heterocycles. The number of nitrogens with two attached hydrogens (primary N) is 1. The van der Waals surface area contributed by atoms with E-state index >= 15 is 0 Å². The van der Waals surface area contributed by atoms with E-state index in [4.69, 9.17) is 10.5 Å². The number of anilines is 2. The summed E-state index contributed by atoms with van der Waals surface area (Å²) in [4.78, 5) is 17.5. The fourth-order valence-corrected chi connectivity index (χ4v) is 4.94. The van der Waals surface area contributed by atoms with Crippen molar-refractivity contribution in [1.82, 2.24) is 19.7 Å². The molecule has 4 aromatic rings. The molecular formula is C23H24N6O2S2. The number of nitrogen functional groups attached to an aromatic ring is 1. The number of hydrogen-bond acceptors (Lipinski definition) is 8. The zero-order valence-electron chi connectivity index (χ0n) is 18.3. The van der Waals surface area contributed by atoms with Gasteiger partial charge in [-0.1, -0.05) is 42.1 Å². The van der Waals surface area contributed by atoms with Gasteiger partial charge in [0.05, 0.1) is 12.8 Å². The molecule has 170 valence electrons. The van der Waals surface area contributed by atoms with Gasteiger partial charge >= 0.3 is 0 Å². The summed E-state index contributed by atoms with van der Waals surface area (Å²) in [5.74, 6) is 1.55. The largest absolute Gasteiger partial charge is 0.497 e. The second-order valence-electron chi connectivity index (χ2n) is 7.23. The molecular weight excluding hydrogens is 456 g/mol. The molecule has 1 unspecified atom stereocenters. The number of thiazole rings is 1. The summed E-state index contributed by atoms with van der Waals surface area (Å²) >= 11 is 2.89. The highest BCUT2D eigenvalue weighted by Crippen LogP contribution is 2.28. The number of benzene rings is 2. The van der Waals surface area contributed by atoms with Crippen LogP contribution in [0.4, 0.5) is 11.1 Å². The lowest BCUT2D eigenvalue weighted by atomic mass is 10.2. The second kappa shape index (κ2) is 10.5. The van der Waals surface area contributed by atoms with E-state index in [0.29, 0.717) is 10.3 Å². The Balaban J connectivity index is 1.40. The van der Waals surface area contributed by atoms with Gasteiger partial charge in [0.2, 0.25) is 11.9 Å². The zero-order valence-corrected chi connectivity index (χ0v) is 19.9. The number of hydrogen-bond donors (Lipinski definition) is 2. The van der Waals surface area contributed by atoms with Gasteiger partial charge in [-0.2, -0.15) is 0 Å². The highest BCUT2D eigenvalue weighted by molar-refractivity contribution is 7.99. The third kappa shape index (κ3) is 5.52. The summed E-state index contributed by atoms with van der Waals surface area (Å²) in [5.41, 5.74) is 9.00. The normalized spacial score (nSPS) is 11.8. The molecule has 1 atom stereocenters. The number of amides is 1. The first-order chi connectivity index (χ1) is 16.0. The smallest absolute Gasteiger partial charge is 0.249 e. The average molecular weight is 481 g/mol. The summed E-state index contributed by atoms with van der Waals surface area (Å²) in [6.07, 6.45) is 0.881. The Morgan fingerprint density at radius 1 is 1.18 bits per heavy atom. The van der Waals surface area contributed by atoms with E-state index in [-0.39, 0.29) is 11.9 Å². The van der Waals surface area contributed by atoms with Crippen molar-refractivity contribution in [3.8, 4) is 17.0 Å². The summed E-state index contributed by atoms with van der Waals surface area (Å²) in [6.45, 7) is 1.77. The first-order valence-corrected chi connectivity index (χ1v) is 12.2. The maximum atomic E-state index is 12.9. The predicted octanol–water partition coefficient (Wildman–Crippen LogP) is 4.53. The van der Waals surface area contributed by atoms with Gasteiger partial charge in [0.15, 0.2) is 10.3 Å². The fraction of sp³-hybridized carbons (Fsp3) is 0.217. The minimum Gasteiger partial charge on any atom is -0.497 e. The van der Waals surface area contributed by atoms with Gasteiger partial charge in [0, 0.05) is 16.7 Å². The zero-order chi connectivity index (χ0) is 23.2. The molecule has 0 fully saturated rings. The van der Waals surface area contributed by atoms with Gasteiger partial charge in [0.25, 0.3) is 0 Å². The quantitative estimate of drug-likeness (QED) is 0.339. The Hall–Kier alpha value is -3.37. The summed E-state index contributed by atoms with van der Waals surface area (Å²) in [6, 6.07) is 17.2. The van der Waals surface area contributed by atoms with Crippen LogP contribution < -0.4 is 15.8 Å². The number of rotatable bonds is 9. The standard InChI is InChI=1S/C23H24N6O2S2/c1-15(29-21(24)27-28-23(29)32-13-12-16-6-4-3-5-7-16)20(30)26-22-25-19(14-33-22)17-8-10-18(31-2)11-9-17/h3-11,14-15H,12-13H2,1-2H3,(H2,24,27)(H,25,26,30). The lowest BCUT2D eigenvalue weighted by Crippen LogP contribution is -2.25. The van der Waals surface area contributed by atoms with Crippen molar-refractivity contribution in [2.24, 2.45) is 0 Å². The van der Waals surface area contributed by atoms with E-state index in [1.165, 1.54) is 28.7 Å². The number of ether oxygens (including phenoxy) is 1. The van der Waals surface area contributed by atoms with Crippen LogP contribution in [0.2, 0.25) is 0 Å². The highest BCUT2D eigenvalue weighted by atomic mass is 32.2. The van der Waals surface area contributed by atoms with Gasteiger partial charge in [-0.3, -0.25) is 9.36 Å². The molecule has 0 saturated heterocycles. The number of nitrogens with one attached hydrogen (secondary N) is 1. The lowest BCUT2D eigenvalue weighted by Gasteiger charge is -2.15. The van der Waals surface area contributed by atoms with E-state index in [9.17, 15) is 4.79 Å². The van der Waals surface area contributed by atoms with Gasteiger partial charge in [-0.25, -0.2) is 4.98 Å². The van der Waals surface area contributed by atoms with E-state index in [1.807, 2.05) is 47.8 Å². The maximum absolute atomic E-state index is 12.9. The van der Waals surface area contributed by atoms with Gasteiger partial charge < -0.3 is 15.8 Å².